The number of likely N-dealkylation sites (N-methyl/N-ethyl adjacent to an activating group) is 1. The Hall–Kier alpha value is -1.06. The van der Waals surface area contributed by atoms with E-state index < -0.39 is 6.10 Å². The van der Waals surface area contributed by atoms with E-state index >= 15 is 0 Å². The molecule has 0 aromatic heterocycles. The molecule has 100 valence electrons. The molecule has 1 heterocycles. The molecule has 1 aliphatic heterocycles. The molecule has 0 amide bonds. The summed E-state index contributed by atoms with van der Waals surface area (Å²) in [5, 5.41) is 9.88. The molecule has 1 aliphatic rings. The second-order valence-electron chi connectivity index (χ2n) is 5.89. The maximum absolute atomic E-state index is 9.88. The Morgan fingerprint density at radius 3 is 2.50 bits per heavy atom. The normalized spacial score (nSPS) is 21.9. The number of anilines is 1. The monoisotopic (exact) mass is 248 g/mol. The van der Waals surface area contributed by atoms with Gasteiger partial charge < -0.3 is 10.0 Å². The molecule has 1 N–H and O–H groups in total. The van der Waals surface area contributed by atoms with Crippen LogP contribution in [-0.2, 0) is 0 Å². The number of piperazine rings is 1. The van der Waals surface area contributed by atoms with Crippen LogP contribution < -0.4 is 4.90 Å². The summed E-state index contributed by atoms with van der Waals surface area (Å²) in [6.07, 6.45) is -0.413. The van der Waals surface area contributed by atoms with E-state index in [1.165, 1.54) is 5.69 Å². The van der Waals surface area contributed by atoms with Gasteiger partial charge in [0.15, 0.2) is 0 Å². The second kappa shape index (κ2) is 4.90. The number of aliphatic hydroxyl groups excluding tert-OH is 1. The van der Waals surface area contributed by atoms with Crippen LogP contribution in [0.25, 0.3) is 0 Å². The highest BCUT2D eigenvalue weighted by atomic mass is 16.3. The van der Waals surface area contributed by atoms with Gasteiger partial charge in [-0.3, -0.25) is 4.90 Å². The Balaban J connectivity index is 2.27. The zero-order valence-corrected chi connectivity index (χ0v) is 11.8. The molecule has 3 heteroatoms. The van der Waals surface area contributed by atoms with Gasteiger partial charge in [-0.15, -0.1) is 0 Å². The number of aliphatic hydroxyl groups is 1. The van der Waals surface area contributed by atoms with Gasteiger partial charge in [0.25, 0.3) is 0 Å². The van der Waals surface area contributed by atoms with Crippen LogP contribution in [0.15, 0.2) is 24.3 Å². The molecule has 3 nitrogen and oxygen atoms in total. The van der Waals surface area contributed by atoms with E-state index in [9.17, 15) is 5.11 Å². The summed E-state index contributed by atoms with van der Waals surface area (Å²) in [7, 11) is 2.18. The van der Waals surface area contributed by atoms with E-state index in [2.05, 4.69) is 36.8 Å². The molecule has 1 fully saturated rings. The van der Waals surface area contributed by atoms with Crippen molar-refractivity contribution in [2.24, 2.45) is 0 Å². The van der Waals surface area contributed by atoms with Crippen LogP contribution in [0.1, 0.15) is 32.4 Å². The van der Waals surface area contributed by atoms with E-state index in [-0.39, 0.29) is 5.54 Å². The molecule has 1 aromatic rings. The molecule has 1 aromatic carbocycles. The van der Waals surface area contributed by atoms with Crippen molar-refractivity contribution < 1.29 is 5.11 Å². The molecule has 0 aliphatic carbocycles. The number of hydrogen-bond donors (Lipinski definition) is 1. The average molecular weight is 248 g/mol. The van der Waals surface area contributed by atoms with E-state index in [1.807, 2.05) is 25.1 Å². The van der Waals surface area contributed by atoms with Gasteiger partial charge in [-0.25, -0.2) is 0 Å². The number of para-hydroxylation sites is 1. The van der Waals surface area contributed by atoms with Crippen LogP contribution in [0.3, 0.4) is 0 Å². The fraction of sp³-hybridized carbons (Fsp3) is 0.600. The zero-order valence-electron chi connectivity index (χ0n) is 11.8. The van der Waals surface area contributed by atoms with Crippen molar-refractivity contribution in [2.75, 3.05) is 31.6 Å². The third-order valence-corrected chi connectivity index (χ3v) is 4.04. The lowest BCUT2D eigenvalue weighted by molar-refractivity contribution is 0.138. The first-order valence-corrected chi connectivity index (χ1v) is 6.65. The Morgan fingerprint density at radius 1 is 1.22 bits per heavy atom. The predicted octanol–water partition coefficient (Wildman–Crippen LogP) is 2.27. The molecule has 18 heavy (non-hydrogen) atoms. The minimum atomic E-state index is -0.413. The summed E-state index contributed by atoms with van der Waals surface area (Å²) in [6.45, 7) is 9.44. The van der Waals surface area contributed by atoms with Crippen LogP contribution in [0.5, 0.6) is 0 Å². The molecular formula is C15H24N2O. The fourth-order valence-corrected chi connectivity index (χ4v) is 2.57. The topological polar surface area (TPSA) is 26.7 Å². The van der Waals surface area contributed by atoms with E-state index in [0.717, 1.165) is 25.2 Å². The number of rotatable bonds is 2. The highest BCUT2D eigenvalue weighted by Gasteiger charge is 2.31. The summed E-state index contributed by atoms with van der Waals surface area (Å²) < 4.78 is 0. The summed E-state index contributed by atoms with van der Waals surface area (Å²) in [6, 6.07) is 8.17. The van der Waals surface area contributed by atoms with Gasteiger partial charge in [0.1, 0.15) is 0 Å². The predicted molar refractivity (Wildman–Crippen MR) is 76.0 cm³/mol. The minimum Gasteiger partial charge on any atom is -0.389 e. The Morgan fingerprint density at radius 2 is 1.89 bits per heavy atom. The highest BCUT2D eigenvalue weighted by Crippen LogP contribution is 2.30. The third-order valence-electron chi connectivity index (χ3n) is 4.04. The number of benzene rings is 1. The van der Waals surface area contributed by atoms with Gasteiger partial charge >= 0.3 is 0 Å². The standard InChI is InChI=1S/C15H24N2O/c1-12(18)13-7-5-6-8-14(13)17-10-9-16(4)15(2,3)11-17/h5-8,12,18H,9-11H2,1-4H3/t12-/m1/s1. The molecule has 0 spiro atoms. The average Bonchev–Trinajstić information content (AvgIpc) is 2.32. The van der Waals surface area contributed by atoms with Crippen LogP contribution >= 0.6 is 0 Å². The van der Waals surface area contributed by atoms with Crippen LogP contribution in [0.2, 0.25) is 0 Å². The molecule has 2 rings (SSSR count). The van der Waals surface area contributed by atoms with E-state index in [1.54, 1.807) is 0 Å². The minimum absolute atomic E-state index is 0.171. The van der Waals surface area contributed by atoms with Gasteiger partial charge in [0, 0.05) is 36.4 Å². The van der Waals surface area contributed by atoms with Gasteiger partial charge in [-0.05, 0) is 33.9 Å². The largest absolute Gasteiger partial charge is 0.389 e. The Kier molecular flexibility index (Phi) is 3.64. The summed E-state index contributed by atoms with van der Waals surface area (Å²) in [5.41, 5.74) is 2.37. The molecule has 0 saturated carbocycles. The smallest absolute Gasteiger partial charge is 0.0781 e. The van der Waals surface area contributed by atoms with E-state index in [4.69, 9.17) is 0 Å². The molecule has 0 unspecified atom stereocenters. The second-order valence-corrected chi connectivity index (χ2v) is 5.89. The first kappa shape index (κ1) is 13.4. The maximum Gasteiger partial charge on any atom is 0.0781 e. The lowest BCUT2D eigenvalue weighted by Crippen LogP contribution is -2.57. The molecule has 0 radical (unpaired) electrons. The quantitative estimate of drug-likeness (QED) is 0.870. The molecule has 1 saturated heterocycles. The maximum atomic E-state index is 9.88. The highest BCUT2D eigenvalue weighted by molar-refractivity contribution is 5.55. The SMILES string of the molecule is C[C@@H](O)c1ccccc1N1CCN(C)C(C)(C)C1. The van der Waals surface area contributed by atoms with Crippen molar-refractivity contribution in [2.45, 2.75) is 32.4 Å². The molecular weight excluding hydrogens is 224 g/mol. The van der Waals surface area contributed by atoms with Crippen LogP contribution in [0.4, 0.5) is 5.69 Å². The van der Waals surface area contributed by atoms with Gasteiger partial charge in [-0.2, -0.15) is 0 Å². The van der Waals surface area contributed by atoms with Crippen molar-refractivity contribution in [1.29, 1.82) is 0 Å². The van der Waals surface area contributed by atoms with Gasteiger partial charge in [0.05, 0.1) is 6.10 Å². The summed E-state index contributed by atoms with van der Waals surface area (Å²) >= 11 is 0. The third kappa shape index (κ3) is 2.52. The van der Waals surface area contributed by atoms with Crippen LogP contribution in [-0.4, -0.2) is 42.2 Å². The zero-order chi connectivity index (χ0) is 13.3. The molecule has 1 atom stereocenters. The van der Waals surface area contributed by atoms with Gasteiger partial charge in [0.2, 0.25) is 0 Å². The fourth-order valence-electron chi connectivity index (χ4n) is 2.57. The van der Waals surface area contributed by atoms with Crippen molar-refractivity contribution in [3.8, 4) is 0 Å². The first-order valence-electron chi connectivity index (χ1n) is 6.65. The van der Waals surface area contributed by atoms with E-state index in [0.29, 0.717) is 0 Å². The lowest BCUT2D eigenvalue weighted by Gasteiger charge is -2.46. The number of hydrogen-bond acceptors (Lipinski definition) is 3. The summed E-state index contributed by atoms with van der Waals surface area (Å²) in [4.78, 5) is 4.79. The van der Waals surface area contributed by atoms with Crippen molar-refractivity contribution in [3.63, 3.8) is 0 Å². The first-order chi connectivity index (χ1) is 8.42. The van der Waals surface area contributed by atoms with Crippen molar-refractivity contribution >= 4 is 5.69 Å². The van der Waals surface area contributed by atoms with Crippen molar-refractivity contribution in [1.82, 2.24) is 4.90 Å². The van der Waals surface area contributed by atoms with Crippen LogP contribution in [0, 0.1) is 0 Å². The summed E-state index contributed by atoms with van der Waals surface area (Å²) in [5.74, 6) is 0. The Bertz CT molecular complexity index is 415. The van der Waals surface area contributed by atoms with Crippen molar-refractivity contribution in [3.05, 3.63) is 29.8 Å². The number of nitrogens with zero attached hydrogens (tertiary/aromatic N) is 2. The molecule has 0 bridgehead atoms. The van der Waals surface area contributed by atoms with Gasteiger partial charge in [-0.1, -0.05) is 18.2 Å². The Labute approximate surface area is 110 Å². The lowest BCUT2D eigenvalue weighted by atomic mass is 9.98.